The second-order valence-electron chi connectivity index (χ2n) is 3.73. The molecule has 14 heavy (non-hydrogen) atoms. The van der Waals surface area contributed by atoms with E-state index in [1.807, 2.05) is 13.8 Å². The van der Waals surface area contributed by atoms with E-state index in [9.17, 15) is 4.79 Å². The van der Waals surface area contributed by atoms with Crippen molar-refractivity contribution in [2.45, 2.75) is 20.0 Å². The van der Waals surface area contributed by atoms with Gasteiger partial charge >= 0.3 is 0 Å². The fraction of sp³-hybridized carbons (Fsp3) is 0.700. The highest BCUT2D eigenvalue weighted by molar-refractivity contribution is 5.88. The maximum absolute atomic E-state index is 11.6. The molecule has 0 aromatic rings. The maximum Gasteiger partial charge on any atom is 0.246 e. The molecule has 0 aromatic carbocycles. The molecule has 4 nitrogen and oxygen atoms in total. The molecule has 1 saturated heterocycles. The highest BCUT2D eigenvalue weighted by atomic mass is 16.5. The van der Waals surface area contributed by atoms with Crippen molar-refractivity contribution in [1.82, 2.24) is 4.90 Å². The molecule has 1 heterocycles. The lowest BCUT2D eigenvalue weighted by atomic mass is 10.2. The van der Waals surface area contributed by atoms with E-state index >= 15 is 0 Å². The Hall–Kier alpha value is -0.870. The molecule has 0 aromatic heterocycles. The lowest BCUT2D eigenvalue weighted by molar-refractivity contribution is -0.133. The molecule has 0 bridgehead atoms. The van der Waals surface area contributed by atoms with Crippen molar-refractivity contribution in [3.05, 3.63) is 11.6 Å². The van der Waals surface area contributed by atoms with Crippen LogP contribution in [0, 0.1) is 0 Å². The van der Waals surface area contributed by atoms with Gasteiger partial charge in [0.05, 0.1) is 12.7 Å². The van der Waals surface area contributed by atoms with E-state index in [1.54, 1.807) is 11.0 Å². The van der Waals surface area contributed by atoms with Crippen LogP contribution in [0.3, 0.4) is 0 Å². The summed E-state index contributed by atoms with van der Waals surface area (Å²) >= 11 is 0. The molecular formula is C10H18N2O2. The first-order valence-electron chi connectivity index (χ1n) is 4.89. The quantitative estimate of drug-likeness (QED) is 0.642. The van der Waals surface area contributed by atoms with Crippen LogP contribution < -0.4 is 5.73 Å². The van der Waals surface area contributed by atoms with Crippen molar-refractivity contribution in [2.75, 3.05) is 26.2 Å². The number of rotatable bonds is 2. The van der Waals surface area contributed by atoms with Crippen molar-refractivity contribution in [2.24, 2.45) is 5.73 Å². The highest BCUT2D eigenvalue weighted by Crippen LogP contribution is 2.05. The van der Waals surface area contributed by atoms with E-state index in [4.69, 9.17) is 10.5 Å². The number of carbonyl (C=O) groups excluding carboxylic acids is 1. The summed E-state index contributed by atoms with van der Waals surface area (Å²) in [5, 5.41) is 0. The van der Waals surface area contributed by atoms with Crippen LogP contribution in [-0.2, 0) is 9.53 Å². The van der Waals surface area contributed by atoms with Crippen LogP contribution in [0.15, 0.2) is 11.6 Å². The Morgan fingerprint density at radius 3 is 2.93 bits per heavy atom. The topological polar surface area (TPSA) is 55.6 Å². The summed E-state index contributed by atoms with van der Waals surface area (Å²) in [7, 11) is 0. The zero-order chi connectivity index (χ0) is 10.6. The van der Waals surface area contributed by atoms with Gasteiger partial charge in [-0.25, -0.2) is 0 Å². The Bertz CT molecular complexity index is 234. The Morgan fingerprint density at radius 2 is 2.36 bits per heavy atom. The van der Waals surface area contributed by atoms with Crippen molar-refractivity contribution < 1.29 is 9.53 Å². The molecule has 0 radical (unpaired) electrons. The Labute approximate surface area is 84.7 Å². The summed E-state index contributed by atoms with van der Waals surface area (Å²) in [6, 6.07) is 0. The zero-order valence-corrected chi connectivity index (χ0v) is 8.82. The normalized spacial score (nSPS) is 21.9. The van der Waals surface area contributed by atoms with Crippen molar-refractivity contribution in [1.29, 1.82) is 0 Å². The van der Waals surface area contributed by atoms with E-state index in [0.717, 1.165) is 5.57 Å². The SMILES string of the molecule is CC(C)=CC(=O)N1CCOC(CN)C1. The van der Waals surface area contributed by atoms with Crippen LogP contribution in [0.1, 0.15) is 13.8 Å². The van der Waals surface area contributed by atoms with E-state index in [1.165, 1.54) is 0 Å². The Balaban J connectivity index is 2.51. The summed E-state index contributed by atoms with van der Waals surface area (Å²) in [4.78, 5) is 13.4. The largest absolute Gasteiger partial charge is 0.373 e. The smallest absolute Gasteiger partial charge is 0.246 e. The molecule has 80 valence electrons. The van der Waals surface area contributed by atoms with E-state index < -0.39 is 0 Å². The van der Waals surface area contributed by atoms with Gasteiger partial charge in [0.15, 0.2) is 0 Å². The van der Waals surface area contributed by atoms with Crippen LogP contribution >= 0.6 is 0 Å². The van der Waals surface area contributed by atoms with Gasteiger partial charge in [-0.2, -0.15) is 0 Å². The van der Waals surface area contributed by atoms with Crippen LogP contribution in [0.4, 0.5) is 0 Å². The molecule has 1 fully saturated rings. The fourth-order valence-electron chi connectivity index (χ4n) is 1.40. The van der Waals surface area contributed by atoms with Gasteiger partial charge in [0.25, 0.3) is 0 Å². The van der Waals surface area contributed by atoms with Crippen LogP contribution in [0.2, 0.25) is 0 Å². The van der Waals surface area contributed by atoms with Gasteiger partial charge < -0.3 is 15.4 Å². The predicted octanol–water partition coefficient (Wildman–Crippen LogP) is 0.139. The first-order valence-corrected chi connectivity index (χ1v) is 4.89. The molecule has 1 aliphatic heterocycles. The standard InChI is InChI=1S/C10H18N2O2/c1-8(2)5-10(13)12-3-4-14-9(6-11)7-12/h5,9H,3-4,6-7,11H2,1-2H3. The van der Waals surface area contributed by atoms with Gasteiger partial charge in [0, 0.05) is 25.7 Å². The second-order valence-corrected chi connectivity index (χ2v) is 3.73. The first-order chi connectivity index (χ1) is 6.63. The van der Waals surface area contributed by atoms with Crippen molar-refractivity contribution in [3.63, 3.8) is 0 Å². The third-order valence-corrected chi connectivity index (χ3v) is 2.13. The summed E-state index contributed by atoms with van der Waals surface area (Å²) in [5.41, 5.74) is 6.51. The number of allylic oxidation sites excluding steroid dienone is 1. The number of morpholine rings is 1. The molecule has 0 spiro atoms. The minimum absolute atomic E-state index is 0.00161. The van der Waals surface area contributed by atoms with Gasteiger partial charge in [0.2, 0.25) is 5.91 Å². The number of nitrogens with zero attached hydrogens (tertiary/aromatic N) is 1. The maximum atomic E-state index is 11.6. The minimum Gasteiger partial charge on any atom is -0.373 e. The van der Waals surface area contributed by atoms with Crippen LogP contribution in [0.25, 0.3) is 0 Å². The molecule has 1 atom stereocenters. The van der Waals surface area contributed by atoms with Crippen molar-refractivity contribution in [3.8, 4) is 0 Å². The molecule has 4 heteroatoms. The van der Waals surface area contributed by atoms with Crippen LogP contribution in [-0.4, -0.2) is 43.2 Å². The second kappa shape index (κ2) is 5.12. The van der Waals surface area contributed by atoms with Gasteiger partial charge in [0.1, 0.15) is 0 Å². The molecular weight excluding hydrogens is 180 g/mol. The van der Waals surface area contributed by atoms with Gasteiger partial charge in [-0.15, -0.1) is 0 Å². The third kappa shape index (κ3) is 3.12. The summed E-state index contributed by atoms with van der Waals surface area (Å²) < 4.78 is 5.37. The number of hydrogen-bond acceptors (Lipinski definition) is 3. The lowest BCUT2D eigenvalue weighted by Gasteiger charge is -2.31. The molecule has 1 unspecified atom stereocenters. The monoisotopic (exact) mass is 198 g/mol. The number of amides is 1. The van der Waals surface area contributed by atoms with Crippen molar-refractivity contribution >= 4 is 5.91 Å². The van der Waals surface area contributed by atoms with E-state index in [0.29, 0.717) is 26.2 Å². The highest BCUT2D eigenvalue weighted by Gasteiger charge is 2.21. The molecule has 1 rings (SSSR count). The average Bonchev–Trinajstić information content (AvgIpc) is 2.17. The Kier molecular flexibility index (Phi) is 4.10. The average molecular weight is 198 g/mol. The number of nitrogens with two attached hydrogens (primary N) is 1. The lowest BCUT2D eigenvalue weighted by Crippen LogP contribution is -2.47. The Morgan fingerprint density at radius 1 is 1.64 bits per heavy atom. The van der Waals surface area contributed by atoms with Gasteiger partial charge in [-0.3, -0.25) is 4.79 Å². The molecule has 0 aliphatic carbocycles. The number of carbonyl (C=O) groups is 1. The number of ether oxygens (including phenoxy) is 1. The van der Waals surface area contributed by atoms with E-state index in [2.05, 4.69) is 0 Å². The van der Waals surface area contributed by atoms with E-state index in [-0.39, 0.29) is 12.0 Å². The van der Waals surface area contributed by atoms with Crippen LogP contribution in [0.5, 0.6) is 0 Å². The van der Waals surface area contributed by atoms with Gasteiger partial charge in [-0.1, -0.05) is 5.57 Å². The zero-order valence-electron chi connectivity index (χ0n) is 8.82. The summed E-state index contributed by atoms with van der Waals surface area (Å²) in [6.07, 6.45) is 1.65. The summed E-state index contributed by atoms with van der Waals surface area (Å²) in [6.45, 7) is 6.17. The first kappa shape index (κ1) is 11.2. The molecule has 0 saturated carbocycles. The molecule has 2 N–H and O–H groups in total. The minimum atomic E-state index is -0.00161. The predicted molar refractivity (Wildman–Crippen MR) is 54.8 cm³/mol. The van der Waals surface area contributed by atoms with Gasteiger partial charge in [-0.05, 0) is 13.8 Å². The third-order valence-electron chi connectivity index (χ3n) is 2.13. The molecule has 1 aliphatic rings. The summed E-state index contributed by atoms with van der Waals surface area (Å²) in [5.74, 6) is 0.0618. The molecule has 1 amide bonds. The number of hydrogen-bond donors (Lipinski definition) is 1. The fourth-order valence-corrected chi connectivity index (χ4v) is 1.40.